The van der Waals surface area contributed by atoms with Gasteiger partial charge in [-0.15, -0.1) is 0 Å². The molecule has 0 radical (unpaired) electrons. The van der Waals surface area contributed by atoms with E-state index in [4.69, 9.17) is 9.57 Å². The van der Waals surface area contributed by atoms with Crippen molar-refractivity contribution >= 4 is 11.7 Å². The van der Waals surface area contributed by atoms with Crippen molar-refractivity contribution in [3.63, 3.8) is 0 Å². The maximum absolute atomic E-state index is 12.4. The molecule has 2 aromatic rings. The third-order valence-electron chi connectivity index (χ3n) is 5.15. The van der Waals surface area contributed by atoms with Crippen molar-refractivity contribution in [1.82, 2.24) is 0 Å². The molecular formula is C23H27NO3. The highest BCUT2D eigenvalue weighted by Gasteiger charge is 2.21. The minimum atomic E-state index is -0.430. The van der Waals surface area contributed by atoms with Crippen molar-refractivity contribution in [2.75, 3.05) is 7.11 Å². The van der Waals surface area contributed by atoms with E-state index in [0.717, 1.165) is 41.9 Å². The van der Waals surface area contributed by atoms with E-state index in [-0.39, 0.29) is 5.41 Å². The summed E-state index contributed by atoms with van der Waals surface area (Å²) in [4.78, 5) is 17.6. The summed E-state index contributed by atoms with van der Waals surface area (Å²) in [7, 11) is 1.68. The average Bonchev–Trinajstić information content (AvgIpc) is 2.66. The van der Waals surface area contributed by atoms with Crippen molar-refractivity contribution in [3.8, 4) is 5.75 Å². The zero-order valence-corrected chi connectivity index (χ0v) is 16.8. The lowest BCUT2D eigenvalue weighted by atomic mass is 9.87. The predicted octanol–water partition coefficient (Wildman–Crippen LogP) is 5.20. The van der Waals surface area contributed by atoms with Crippen LogP contribution < -0.4 is 4.74 Å². The number of fused-ring (bicyclic) bond motifs is 1. The lowest BCUT2D eigenvalue weighted by Crippen LogP contribution is -2.15. The predicted molar refractivity (Wildman–Crippen MR) is 108 cm³/mol. The lowest BCUT2D eigenvalue weighted by Gasteiger charge is -2.21. The van der Waals surface area contributed by atoms with Crippen LogP contribution in [0, 0.1) is 6.92 Å². The quantitative estimate of drug-likeness (QED) is 0.555. The summed E-state index contributed by atoms with van der Waals surface area (Å²) in [5.74, 6) is 0.450. The van der Waals surface area contributed by atoms with Crippen LogP contribution in [-0.2, 0) is 16.7 Å². The van der Waals surface area contributed by atoms with Gasteiger partial charge in [-0.3, -0.25) is 0 Å². The van der Waals surface area contributed by atoms with Crippen LogP contribution in [0.1, 0.15) is 66.2 Å². The van der Waals surface area contributed by atoms with Gasteiger partial charge >= 0.3 is 5.97 Å². The summed E-state index contributed by atoms with van der Waals surface area (Å²) in [5.41, 5.74) is 5.96. The molecule has 142 valence electrons. The molecule has 0 heterocycles. The fraction of sp³-hybridized carbons (Fsp3) is 0.391. The molecule has 4 heteroatoms. The topological polar surface area (TPSA) is 47.9 Å². The largest absolute Gasteiger partial charge is 0.496 e. The van der Waals surface area contributed by atoms with Gasteiger partial charge in [-0.05, 0) is 72.6 Å². The minimum Gasteiger partial charge on any atom is -0.496 e. The third-order valence-corrected chi connectivity index (χ3v) is 5.15. The van der Waals surface area contributed by atoms with Gasteiger partial charge in [0.2, 0.25) is 0 Å². The van der Waals surface area contributed by atoms with Crippen LogP contribution in [-0.4, -0.2) is 18.8 Å². The van der Waals surface area contributed by atoms with Gasteiger partial charge in [0.05, 0.1) is 18.4 Å². The maximum atomic E-state index is 12.4. The van der Waals surface area contributed by atoms with Crippen LogP contribution in [0.4, 0.5) is 0 Å². The van der Waals surface area contributed by atoms with Gasteiger partial charge in [0.15, 0.2) is 0 Å². The Morgan fingerprint density at radius 3 is 2.37 bits per heavy atom. The Bertz CT molecular complexity index is 874. The standard InChI is InChI=1S/C23H27NO3/c1-15-18-7-6-8-20(19(18)13-14-21(15)26-5)24-27-22(25)16-9-11-17(12-10-16)23(2,3)4/h9-14H,6-8H2,1-5H3. The summed E-state index contributed by atoms with van der Waals surface area (Å²) < 4.78 is 5.41. The van der Waals surface area contributed by atoms with E-state index >= 15 is 0 Å². The van der Waals surface area contributed by atoms with E-state index in [0.29, 0.717) is 5.56 Å². The highest BCUT2D eigenvalue weighted by atomic mass is 16.7. The third kappa shape index (κ3) is 4.05. The van der Waals surface area contributed by atoms with E-state index in [1.54, 1.807) is 19.2 Å². The number of methoxy groups -OCH3 is 1. The normalized spacial score (nSPS) is 15.4. The first-order valence-corrected chi connectivity index (χ1v) is 9.37. The van der Waals surface area contributed by atoms with Crippen molar-refractivity contribution in [1.29, 1.82) is 0 Å². The Morgan fingerprint density at radius 2 is 1.74 bits per heavy atom. The number of rotatable bonds is 3. The second-order valence-corrected chi connectivity index (χ2v) is 8.02. The fourth-order valence-corrected chi connectivity index (χ4v) is 3.47. The summed E-state index contributed by atoms with van der Waals surface area (Å²) in [6.07, 6.45) is 2.77. The van der Waals surface area contributed by atoms with Crippen molar-refractivity contribution in [3.05, 3.63) is 64.2 Å². The molecule has 0 saturated carbocycles. The number of carbonyl (C=O) groups is 1. The molecule has 0 saturated heterocycles. The van der Waals surface area contributed by atoms with Gasteiger partial charge in [0.25, 0.3) is 0 Å². The average molecular weight is 365 g/mol. The first-order valence-electron chi connectivity index (χ1n) is 9.37. The van der Waals surface area contributed by atoms with Crippen molar-refractivity contribution < 1.29 is 14.4 Å². The summed E-state index contributed by atoms with van der Waals surface area (Å²) in [5, 5.41) is 4.19. The number of hydrogen-bond donors (Lipinski definition) is 0. The van der Waals surface area contributed by atoms with Gasteiger partial charge < -0.3 is 9.57 Å². The van der Waals surface area contributed by atoms with Crippen LogP contribution in [0.25, 0.3) is 0 Å². The SMILES string of the molecule is COc1ccc2c(c1C)CCCC2=NOC(=O)c1ccc(C(C)(C)C)cc1. The molecular weight excluding hydrogens is 338 g/mol. The number of carbonyl (C=O) groups excluding carboxylic acids is 1. The molecule has 2 aromatic carbocycles. The summed E-state index contributed by atoms with van der Waals surface area (Å²) in [6.45, 7) is 8.49. The minimum absolute atomic E-state index is 0.0490. The van der Waals surface area contributed by atoms with Gasteiger partial charge in [-0.2, -0.15) is 0 Å². The molecule has 0 aliphatic heterocycles. The highest BCUT2D eigenvalue weighted by Crippen LogP contribution is 2.31. The molecule has 27 heavy (non-hydrogen) atoms. The maximum Gasteiger partial charge on any atom is 0.365 e. The number of hydrogen-bond acceptors (Lipinski definition) is 4. The van der Waals surface area contributed by atoms with Crippen LogP contribution in [0.15, 0.2) is 41.6 Å². The van der Waals surface area contributed by atoms with Gasteiger partial charge in [-0.1, -0.05) is 38.1 Å². The van der Waals surface area contributed by atoms with E-state index in [9.17, 15) is 4.79 Å². The fourth-order valence-electron chi connectivity index (χ4n) is 3.47. The van der Waals surface area contributed by atoms with Crippen LogP contribution in [0.2, 0.25) is 0 Å². The Labute approximate surface area is 161 Å². The van der Waals surface area contributed by atoms with Crippen LogP contribution >= 0.6 is 0 Å². The first-order chi connectivity index (χ1) is 12.8. The van der Waals surface area contributed by atoms with E-state index < -0.39 is 5.97 Å². The molecule has 4 nitrogen and oxygen atoms in total. The Morgan fingerprint density at radius 1 is 1.04 bits per heavy atom. The molecule has 0 unspecified atom stereocenters. The van der Waals surface area contributed by atoms with E-state index in [2.05, 4.69) is 32.9 Å². The number of oxime groups is 1. The number of ether oxygens (including phenoxy) is 1. The molecule has 0 amide bonds. The monoisotopic (exact) mass is 365 g/mol. The lowest BCUT2D eigenvalue weighted by molar-refractivity contribution is 0.0515. The molecule has 0 atom stereocenters. The zero-order chi connectivity index (χ0) is 19.6. The Hall–Kier alpha value is -2.62. The second kappa shape index (κ2) is 7.55. The summed E-state index contributed by atoms with van der Waals surface area (Å²) in [6, 6.07) is 11.5. The second-order valence-electron chi connectivity index (χ2n) is 8.02. The highest BCUT2D eigenvalue weighted by molar-refractivity contribution is 6.03. The molecule has 0 aromatic heterocycles. The van der Waals surface area contributed by atoms with Crippen molar-refractivity contribution in [2.45, 2.75) is 52.4 Å². The van der Waals surface area contributed by atoms with Crippen LogP contribution in [0.5, 0.6) is 5.75 Å². The molecule has 0 N–H and O–H groups in total. The van der Waals surface area contributed by atoms with E-state index in [1.807, 2.05) is 24.3 Å². The molecule has 3 rings (SSSR count). The first kappa shape index (κ1) is 19.2. The van der Waals surface area contributed by atoms with Gasteiger partial charge in [0, 0.05) is 5.56 Å². The smallest absolute Gasteiger partial charge is 0.365 e. The Balaban J connectivity index is 1.79. The van der Waals surface area contributed by atoms with E-state index in [1.165, 1.54) is 11.1 Å². The van der Waals surface area contributed by atoms with Gasteiger partial charge in [0.1, 0.15) is 5.75 Å². The number of nitrogens with zero attached hydrogens (tertiary/aromatic N) is 1. The zero-order valence-electron chi connectivity index (χ0n) is 16.8. The molecule has 0 fully saturated rings. The summed E-state index contributed by atoms with van der Waals surface area (Å²) >= 11 is 0. The Kier molecular flexibility index (Phi) is 5.36. The molecule has 0 spiro atoms. The molecule has 1 aliphatic rings. The van der Waals surface area contributed by atoms with Gasteiger partial charge in [-0.25, -0.2) is 4.79 Å². The number of benzene rings is 2. The van der Waals surface area contributed by atoms with Crippen LogP contribution in [0.3, 0.4) is 0 Å². The van der Waals surface area contributed by atoms with Crippen molar-refractivity contribution in [2.24, 2.45) is 5.16 Å². The molecule has 1 aliphatic carbocycles. The molecule has 0 bridgehead atoms.